The van der Waals surface area contributed by atoms with Gasteiger partial charge >= 0.3 is 0 Å². The highest BCUT2D eigenvalue weighted by molar-refractivity contribution is 5.86. The van der Waals surface area contributed by atoms with Crippen molar-refractivity contribution in [3.63, 3.8) is 0 Å². The number of amides is 1. The Hall–Kier alpha value is -3.81. The van der Waals surface area contributed by atoms with Gasteiger partial charge in [-0.2, -0.15) is 10.1 Å². The van der Waals surface area contributed by atoms with Crippen LogP contribution in [0.4, 0.5) is 8.78 Å². The highest BCUT2D eigenvalue weighted by atomic mass is 19.1. The van der Waals surface area contributed by atoms with Crippen LogP contribution in [0.2, 0.25) is 0 Å². The van der Waals surface area contributed by atoms with Crippen LogP contribution in [0.15, 0.2) is 48.5 Å². The van der Waals surface area contributed by atoms with E-state index in [4.69, 9.17) is 4.74 Å². The zero-order valence-electron chi connectivity index (χ0n) is 18.7. The number of aryl methyl sites for hydroxylation is 2. The number of rotatable bonds is 7. The molecule has 0 spiro atoms. The number of fused-ring (bicyclic) bond motifs is 1. The molecule has 0 saturated carbocycles. The normalized spacial score (nSPS) is 11.1. The number of nitrogens with one attached hydrogen (secondary N) is 1. The lowest BCUT2D eigenvalue weighted by molar-refractivity contribution is -0.121. The lowest BCUT2D eigenvalue weighted by Gasteiger charge is -2.13. The van der Waals surface area contributed by atoms with Crippen molar-refractivity contribution in [2.24, 2.45) is 0 Å². The van der Waals surface area contributed by atoms with E-state index in [0.717, 1.165) is 27.8 Å². The molecule has 0 radical (unpaired) electrons. The molecule has 8 heteroatoms. The second kappa shape index (κ2) is 9.36. The van der Waals surface area contributed by atoms with Crippen LogP contribution in [0.25, 0.3) is 16.7 Å². The summed E-state index contributed by atoms with van der Waals surface area (Å²) in [5, 5.41) is 8.27. The average molecular weight is 450 g/mol. The summed E-state index contributed by atoms with van der Waals surface area (Å²) in [6.45, 7) is 4.15. The molecule has 0 saturated heterocycles. The van der Waals surface area contributed by atoms with Gasteiger partial charge in [-0.25, -0.2) is 13.5 Å². The van der Waals surface area contributed by atoms with E-state index in [1.165, 1.54) is 31.4 Å². The van der Waals surface area contributed by atoms with Crippen LogP contribution in [0.5, 0.6) is 5.88 Å². The molecule has 2 aromatic heterocycles. The Labute approximate surface area is 190 Å². The Bertz CT molecular complexity index is 1320. The van der Waals surface area contributed by atoms with Gasteiger partial charge in [0.15, 0.2) is 5.65 Å². The number of carbonyl (C=O) groups is 1. The first-order chi connectivity index (χ1) is 15.9. The maximum absolute atomic E-state index is 13.8. The van der Waals surface area contributed by atoms with Crippen molar-refractivity contribution in [2.45, 2.75) is 33.2 Å². The fourth-order valence-electron chi connectivity index (χ4n) is 3.91. The summed E-state index contributed by atoms with van der Waals surface area (Å²) in [4.78, 5) is 17.1. The van der Waals surface area contributed by atoms with Gasteiger partial charge < -0.3 is 10.1 Å². The van der Waals surface area contributed by atoms with Crippen LogP contribution >= 0.6 is 0 Å². The Kier molecular flexibility index (Phi) is 6.35. The summed E-state index contributed by atoms with van der Waals surface area (Å²) in [6, 6.07) is 12.2. The number of hydrogen-bond donors (Lipinski definition) is 1. The lowest BCUT2D eigenvalue weighted by atomic mass is 10.0. The number of nitrogens with zero attached hydrogens (tertiary/aromatic N) is 3. The van der Waals surface area contributed by atoms with Gasteiger partial charge in [0.25, 0.3) is 0 Å². The number of ether oxygens (including phenoxy) is 1. The van der Waals surface area contributed by atoms with Crippen LogP contribution in [-0.2, 0) is 17.8 Å². The molecule has 4 aromatic rings. The summed E-state index contributed by atoms with van der Waals surface area (Å²) in [5.74, 6) is -0.399. The molecular weight excluding hydrogens is 426 g/mol. The van der Waals surface area contributed by atoms with E-state index in [2.05, 4.69) is 15.4 Å². The zero-order valence-corrected chi connectivity index (χ0v) is 18.7. The Morgan fingerprint density at radius 2 is 1.85 bits per heavy atom. The molecule has 170 valence electrons. The third kappa shape index (κ3) is 4.69. The van der Waals surface area contributed by atoms with E-state index in [1.807, 2.05) is 13.8 Å². The smallest absolute Gasteiger partial charge is 0.220 e. The minimum Gasteiger partial charge on any atom is -0.481 e. The number of pyridine rings is 1. The molecule has 1 N–H and O–H groups in total. The maximum atomic E-state index is 13.8. The molecule has 0 aliphatic heterocycles. The Balaban J connectivity index is 1.57. The molecule has 4 rings (SSSR count). The zero-order chi connectivity index (χ0) is 23.5. The first kappa shape index (κ1) is 22.4. The summed E-state index contributed by atoms with van der Waals surface area (Å²) in [5.41, 5.74) is 4.45. The summed E-state index contributed by atoms with van der Waals surface area (Å²) in [6.07, 6.45) is 0.667. The molecular formula is C25H24F2N4O2. The summed E-state index contributed by atoms with van der Waals surface area (Å²) < 4.78 is 33.9. The van der Waals surface area contributed by atoms with Crippen LogP contribution in [0.1, 0.15) is 28.8 Å². The molecule has 0 aliphatic rings. The van der Waals surface area contributed by atoms with Crippen LogP contribution in [0.3, 0.4) is 0 Å². The lowest BCUT2D eigenvalue weighted by Crippen LogP contribution is -2.23. The monoisotopic (exact) mass is 450 g/mol. The van der Waals surface area contributed by atoms with Crippen molar-refractivity contribution in [2.75, 3.05) is 7.11 Å². The molecule has 2 heterocycles. The van der Waals surface area contributed by atoms with E-state index in [1.54, 1.807) is 28.9 Å². The largest absolute Gasteiger partial charge is 0.481 e. The minimum atomic E-state index is -0.360. The van der Waals surface area contributed by atoms with Crippen LogP contribution < -0.4 is 10.1 Å². The number of halogens is 2. The van der Waals surface area contributed by atoms with Gasteiger partial charge in [0.2, 0.25) is 11.8 Å². The predicted octanol–water partition coefficient (Wildman–Crippen LogP) is 4.57. The first-order valence-electron chi connectivity index (χ1n) is 10.6. The predicted molar refractivity (Wildman–Crippen MR) is 121 cm³/mol. The maximum Gasteiger partial charge on any atom is 0.220 e. The Morgan fingerprint density at radius 1 is 1.09 bits per heavy atom. The molecule has 1 amide bonds. The van der Waals surface area contributed by atoms with Crippen LogP contribution in [-0.4, -0.2) is 27.8 Å². The number of carbonyl (C=O) groups excluding carboxylic acids is 1. The molecule has 33 heavy (non-hydrogen) atoms. The van der Waals surface area contributed by atoms with Gasteiger partial charge in [0, 0.05) is 23.9 Å². The van der Waals surface area contributed by atoms with Crippen molar-refractivity contribution >= 4 is 16.9 Å². The van der Waals surface area contributed by atoms with Gasteiger partial charge in [0.05, 0.1) is 18.5 Å². The van der Waals surface area contributed by atoms with Crippen molar-refractivity contribution in [3.05, 3.63) is 82.5 Å². The van der Waals surface area contributed by atoms with E-state index in [-0.39, 0.29) is 24.0 Å². The van der Waals surface area contributed by atoms with E-state index < -0.39 is 0 Å². The third-order valence-electron chi connectivity index (χ3n) is 5.58. The minimum absolute atomic E-state index is 0.131. The van der Waals surface area contributed by atoms with Gasteiger partial charge in [-0.15, -0.1) is 0 Å². The standard InChI is InChI=1S/C25H24F2N4O2/c1-15-21(11-12-22(32)28-14-17-7-9-18(26)10-8-17)25(33-3)29-24-23(15)16(2)30-31(24)20-6-4-5-19(27)13-20/h4-10,13H,11-12,14H2,1-3H3,(H,28,32). The highest BCUT2D eigenvalue weighted by Gasteiger charge is 2.20. The van der Waals surface area contributed by atoms with E-state index in [0.29, 0.717) is 30.2 Å². The second-order valence-corrected chi connectivity index (χ2v) is 7.80. The average Bonchev–Trinajstić information content (AvgIpc) is 3.14. The number of benzene rings is 2. The summed E-state index contributed by atoms with van der Waals surface area (Å²) >= 11 is 0. The van der Waals surface area contributed by atoms with E-state index >= 15 is 0 Å². The number of hydrogen-bond acceptors (Lipinski definition) is 4. The summed E-state index contributed by atoms with van der Waals surface area (Å²) in [7, 11) is 1.53. The molecule has 0 fully saturated rings. The molecule has 0 atom stereocenters. The fraction of sp³-hybridized carbons (Fsp3) is 0.240. The molecule has 2 aromatic carbocycles. The van der Waals surface area contributed by atoms with Gasteiger partial charge in [-0.3, -0.25) is 4.79 Å². The SMILES string of the molecule is COc1nc2c(c(C)nn2-c2cccc(F)c2)c(C)c1CCC(=O)NCc1ccc(F)cc1. The van der Waals surface area contributed by atoms with Crippen molar-refractivity contribution in [3.8, 4) is 11.6 Å². The quantitative estimate of drug-likeness (QED) is 0.448. The number of aromatic nitrogens is 3. The van der Waals surface area contributed by atoms with Crippen molar-refractivity contribution in [1.29, 1.82) is 0 Å². The second-order valence-electron chi connectivity index (χ2n) is 7.80. The first-order valence-corrected chi connectivity index (χ1v) is 10.6. The number of methoxy groups -OCH3 is 1. The van der Waals surface area contributed by atoms with Crippen molar-refractivity contribution in [1.82, 2.24) is 20.1 Å². The topological polar surface area (TPSA) is 69.0 Å². The molecule has 0 bridgehead atoms. The third-order valence-corrected chi connectivity index (χ3v) is 5.58. The molecule has 0 aliphatic carbocycles. The highest BCUT2D eigenvalue weighted by Crippen LogP contribution is 2.32. The fourth-order valence-corrected chi connectivity index (χ4v) is 3.91. The van der Waals surface area contributed by atoms with Gasteiger partial charge in [0.1, 0.15) is 11.6 Å². The van der Waals surface area contributed by atoms with Crippen LogP contribution in [0, 0.1) is 25.5 Å². The van der Waals surface area contributed by atoms with Crippen molar-refractivity contribution < 1.29 is 18.3 Å². The molecule has 0 unspecified atom stereocenters. The molecule has 6 nitrogen and oxygen atoms in total. The van der Waals surface area contributed by atoms with Gasteiger partial charge in [-0.1, -0.05) is 18.2 Å². The van der Waals surface area contributed by atoms with E-state index in [9.17, 15) is 13.6 Å². The van der Waals surface area contributed by atoms with Gasteiger partial charge in [-0.05, 0) is 61.7 Å². The Morgan fingerprint density at radius 3 is 2.55 bits per heavy atom.